The Hall–Kier alpha value is -2.53. The second-order valence-electron chi connectivity index (χ2n) is 4.51. The van der Waals surface area contributed by atoms with E-state index < -0.39 is 6.10 Å². The second-order valence-corrected chi connectivity index (χ2v) is 4.51. The minimum absolute atomic E-state index is 0.0522. The van der Waals surface area contributed by atoms with Crippen molar-refractivity contribution in [3.05, 3.63) is 53.9 Å². The number of nitrogens with one attached hydrogen (secondary N) is 1. The molecule has 1 unspecified atom stereocenters. The molecule has 0 amide bonds. The molecule has 5 heteroatoms. The smallest absolute Gasteiger partial charge is 0.137 e. The fourth-order valence-corrected chi connectivity index (χ4v) is 2.26. The van der Waals surface area contributed by atoms with Crippen molar-refractivity contribution in [2.45, 2.75) is 6.10 Å². The average Bonchev–Trinajstić information content (AvgIpc) is 2.89. The number of hydrogen-bond donors (Lipinski definition) is 3. The van der Waals surface area contributed by atoms with Crippen LogP contribution in [0.25, 0.3) is 11.0 Å². The van der Waals surface area contributed by atoms with E-state index in [0.717, 1.165) is 5.39 Å². The molecule has 1 aromatic carbocycles. The monoisotopic (exact) mass is 270 g/mol. The van der Waals surface area contributed by atoms with Crippen LogP contribution in [0.5, 0.6) is 11.5 Å². The molecule has 3 N–H and O–H groups in total. The highest BCUT2D eigenvalue weighted by Gasteiger charge is 2.17. The lowest BCUT2D eigenvalue weighted by atomic mass is 10.0. The minimum atomic E-state index is -0.867. The van der Waals surface area contributed by atoms with Crippen molar-refractivity contribution in [2.75, 3.05) is 7.11 Å². The standard InChI is InChI=1S/C15H14N2O3/c1-20-11-6-9(5-10(18)7-11)14(19)13-8-17-15-12(13)3-2-4-16-15/h2-8,14,18-19H,1H3,(H,16,17). The number of aromatic hydroxyl groups is 1. The summed E-state index contributed by atoms with van der Waals surface area (Å²) in [7, 11) is 1.51. The Morgan fingerprint density at radius 1 is 1.30 bits per heavy atom. The number of pyridine rings is 1. The first-order valence-electron chi connectivity index (χ1n) is 6.17. The van der Waals surface area contributed by atoms with Gasteiger partial charge < -0.3 is 19.9 Å². The predicted molar refractivity (Wildman–Crippen MR) is 74.8 cm³/mol. The highest BCUT2D eigenvalue weighted by molar-refractivity contribution is 5.80. The third kappa shape index (κ3) is 2.08. The molecule has 5 nitrogen and oxygen atoms in total. The van der Waals surface area contributed by atoms with E-state index in [1.807, 2.05) is 12.1 Å². The van der Waals surface area contributed by atoms with E-state index in [9.17, 15) is 10.2 Å². The first kappa shape index (κ1) is 12.5. The third-order valence-corrected chi connectivity index (χ3v) is 3.24. The van der Waals surface area contributed by atoms with Crippen molar-refractivity contribution in [2.24, 2.45) is 0 Å². The summed E-state index contributed by atoms with van der Waals surface area (Å²) < 4.78 is 5.10. The van der Waals surface area contributed by atoms with Crippen LogP contribution < -0.4 is 4.74 Å². The molecule has 0 aliphatic carbocycles. The number of hydrogen-bond acceptors (Lipinski definition) is 4. The van der Waals surface area contributed by atoms with Gasteiger partial charge in [-0.05, 0) is 29.8 Å². The zero-order valence-corrected chi connectivity index (χ0v) is 10.9. The van der Waals surface area contributed by atoms with Gasteiger partial charge in [0, 0.05) is 29.4 Å². The second kappa shape index (κ2) is 4.86. The summed E-state index contributed by atoms with van der Waals surface area (Å²) >= 11 is 0. The van der Waals surface area contributed by atoms with Crippen molar-refractivity contribution >= 4 is 11.0 Å². The van der Waals surface area contributed by atoms with Crippen molar-refractivity contribution in [3.63, 3.8) is 0 Å². The number of H-pyrrole nitrogens is 1. The van der Waals surface area contributed by atoms with Gasteiger partial charge in [0.05, 0.1) is 7.11 Å². The van der Waals surface area contributed by atoms with Crippen LogP contribution in [0.15, 0.2) is 42.7 Å². The molecule has 0 bridgehead atoms. The van der Waals surface area contributed by atoms with Crippen molar-refractivity contribution in [1.29, 1.82) is 0 Å². The van der Waals surface area contributed by atoms with Crippen LogP contribution in [0.3, 0.4) is 0 Å². The molecular weight excluding hydrogens is 256 g/mol. The number of aliphatic hydroxyl groups is 1. The lowest BCUT2D eigenvalue weighted by molar-refractivity contribution is 0.221. The molecule has 2 aromatic heterocycles. The number of aliphatic hydroxyl groups excluding tert-OH is 1. The number of fused-ring (bicyclic) bond motifs is 1. The Morgan fingerprint density at radius 2 is 2.15 bits per heavy atom. The molecule has 1 atom stereocenters. The van der Waals surface area contributed by atoms with Gasteiger partial charge in [0.25, 0.3) is 0 Å². The fourth-order valence-electron chi connectivity index (χ4n) is 2.26. The Balaban J connectivity index is 2.08. The molecule has 0 spiro atoms. The van der Waals surface area contributed by atoms with Gasteiger partial charge in [0.2, 0.25) is 0 Å². The van der Waals surface area contributed by atoms with Gasteiger partial charge in [-0.15, -0.1) is 0 Å². The number of phenols is 1. The van der Waals surface area contributed by atoms with Gasteiger partial charge in [-0.3, -0.25) is 0 Å². The molecular formula is C15H14N2O3. The number of aromatic nitrogens is 2. The van der Waals surface area contributed by atoms with Crippen LogP contribution in [0.4, 0.5) is 0 Å². The summed E-state index contributed by atoms with van der Waals surface area (Å²) in [6.45, 7) is 0. The van der Waals surface area contributed by atoms with Gasteiger partial charge in [-0.25, -0.2) is 4.98 Å². The fraction of sp³-hybridized carbons (Fsp3) is 0.133. The van der Waals surface area contributed by atoms with E-state index in [-0.39, 0.29) is 5.75 Å². The number of phenolic OH excluding ortho intramolecular Hbond substituents is 1. The maximum absolute atomic E-state index is 10.5. The van der Waals surface area contributed by atoms with Gasteiger partial charge in [0.1, 0.15) is 23.3 Å². The lowest BCUT2D eigenvalue weighted by Gasteiger charge is -2.12. The van der Waals surface area contributed by atoms with Crippen molar-refractivity contribution in [3.8, 4) is 11.5 Å². The van der Waals surface area contributed by atoms with E-state index in [1.54, 1.807) is 18.5 Å². The largest absolute Gasteiger partial charge is 0.508 e. The molecule has 2 heterocycles. The number of methoxy groups -OCH3 is 1. The molecule has 0 aliphatic rings. The topological polar surface area (TPSA) is 78.4 Å². The first-order chi connectivity index (χ1) is 9.69. The maximum Gasteiger partial charge on any atom is 0.137 e. The van der Waals surface area contributed by atoms with E-state index in [1.165, 1.54) is 19.2 Å². The maximum atomic E-state index is 10.5. The van der Waals surface area contributed by atoms with E-state index >= 15 is 0 Å². The summed E-state index contributed by atoms with van der Waals surface area (Å²) in [5.74, 6) is 0.549. The summed E-state index contributed by atoms with van der Waals surface area (Å²) in [6, 6.07) is 8.40. The number of nitrogens with zero attached hydrogens (tertiary/aromatic N) is 1. The van der Waals surface area contributed by atoms with Crippen LogP contribution in [0.1, 0.15) is 17.2 Å². The summed E-state index contributed by atoms with van der Waals surface area (Å²) in [6.07, 6.45) is 2.54. The van der Waals surface area contributed by atoms with Gasteiger partial charge in [-0.2, -0.15) is 0 Å². The Morgan fingerprint density at radius 3 is 2.95 bits per heavy atom. The average molecular weight is 270 g/mol. The predicted octanol–water partition coefficient (Wildman–Crippen LogP) is 2.36. The molecule has 0 fully saturated rings. The molecule has 0 aliphatic heterocycles. The van der Waals surface area contributed by atoms with E-state index in [0.29, 0.717) is 22.5 Å². The molecule has 3 rings (SSSR count). The molecule has 102 valence electrons. The number of rotatable bonds is 3. The highest BCUT2D eigenvalue weighted by Crippen LogP contribution is 2.32. The van der Waals surface area contributed by atoms with Crippen LogP contribution in [0, 0.1) is 0 Å². The first-order valence-corrected chi connectivity index (χ1v) is 6.17. The number of aromatic amines is 1. The number of ether oxygens (including phenoxy) is 1. The van der Waals surface area contributed by atoms with Crippen LogP contribution in [-0.2, 0) is 0 Å². The molecule has 20 heavy (non-hydrogen) atoms. The van der Waals surface area contributed by atoms with Gasteiger partial charge in [0.15, 0.2) is 0 Å². The lowest BCUT2D eigenvalue weighted by Crippen LogP contribution is -1.99. The Labute approximate surface area is 115 Å². The summed E-state index contributed by atoms with van der Waals surface area (Å²) in [4.78, 5) is 7.21. The van der Waals surface area contributed by atoms with Crippen LogP contribution in [0.2, 0.25) is 0 Å². The highest BCUT2D eigenvalue weighted by atomic mass is 16.5. The van der Waals surface area contributed by atoms with Gasteiger partial charge in [-0.1, -0.05) is 0 Å². The molecule has 0 radical (unpaired) electrons. The zero-order chi connectivity index (χ0) is 14.1. The normalized spacial score (nSPS) is 12.5. The SMILES string of the molecule is COc1cc(O)cc(C(O)c2c[nH]c3ncccc23)c1. The molecule has 0 saturated heterocycles. The Bertz CT molecular complexity index is 752. The van der Waals surface area contributed by atoms with Crippen LogP contribution in [-0.4, -0.2) is 27.3 Å². The molecule has 0 saturated carbocycles. The summed E-state index contributed by atoms with van der Waals surface area (Å²) in [5, 5.41) is 21.0. The van der Waals surface area contributed by atoms with Crippen molar-refractivity contribution < 1.29 is 14.9 Å². The van der Waals surface area contributed by atoms with Crippen molar-refractivity contribution in [1.82, 2.24) is 9.97 Å². The van der Waals surface area contributed by atoms with Crippen LogP contribution >= 0.6 is 0 Å². The summed E-state index contributed by atoms with van der Waals surface area (Å²) in [5.41, 5.74) is 1.99. The van der Waals surface area contributed by atoms with E-state index in [4.69, 9.17) is 4.74 Å². The van der Waals surface area contributed by atoms with E-state index in [2.05, 4.69) is 9.97 Å². The van der Waals surface area contributed by atoms with Gasteiger partial charge >= 0.3 is 0 Å². The quantitative estimate of drug-likeness (QED) is 0.682. The molecule has 3 aromatic rings. The Kier molecular flexibility index (Phi) is 3.04. The third-order valence-electron chi connectivity index (χ3n) is 3.24. The number of benzene rings is 1. The minimum Gasteiger partial charge on any atom is -0.508 e. The zero-order valence-electron chi connectivity index (χ0n) is 10.9.